The highest BCUT2D eigenvalue weighted by atomic mass is 32.2. The molecule has 47 heavy (non-hydrogen) atoms. The van der Waals surface area contributed by atoms with E-state index in [2.05, 4.69) is 20.3 Å². The van der Waals surface area contributed by atoms with Gasteiger partial charge >= 0.3 is 18.3 Å². The van der Waals surface area contributed by atoms with Crippen molar-refractivity contribution in [2.75, 3.05) is 11.9 Å². The molecule has 0 saturated carbocycles. The molecule has 1 saturated heterocycles. The smallest absolute Gasteiger partial charge is 0.411 e. The number of hydrogen-bond donors (Lipinski definition) is 4. The largest absolute Gasteiger partial charge is 0.447 e. The molecule has 2 heterocycles. The Morgan fingerprint density at radius 1 is 0.936 bits per heavy atom. The average Bonchev–Trinajstić information content (AvgIpc) is 3.34. The van der Waals surface area contributed by atoms with Gasteiger partial charge in [0.25, 0.3) is 0 Å². The van der Waals surface area contributed by atoms with Crippen molar-refractivity contribution in [1.29, 1.82) is 0 Å². The first kappa shape index (κ1) is 38.0. The van der Waals surface area contributed by atoms with Gasteiger partial charge in [-0.25, -0.2) is 27.5 Å². The number of aromatic amines is 1. The number of alkyl carbamates (subject to hydrolysis) is 1. The van der Waals surface area contributed by atoms with Crippen molar-refractivity contribution < 1.29 is 37.0 Å². The van der Waals surface area contributed by atoms with E-state index >= 15 is 0 Å². The average molecular weight is 696 g/mol. The molecule has 1 aliphatic heterocycles. The van der Waals surface area contributed by atoms with Crippen molar-refractivity contribution >= 4 is 45.8 Å². The van der Waals surface area contributed by atoms with Crippen molar-refractivity contribution in [1.82, 2.24) is 19.9 Å². The number of H-pyrrole nitrogens is 1. The first-order valence-electron chi connectivity index (χ1n) is 15.6. The Bertz CT molecular complexity index is 1530. The van der Waals surface area contributed by atoms with Crippen molar-refractivity contribution in [2.45, 2.75) is 132 Å². The lowest BCUT2D eigenvalue weighted by atomic mass is 9.96. The highest BCUT2D eigenvalue weighted by Gasteiger charge is 2.37. The Morgan fingerprint density at radius 3 is 2.17 bits per heavy atom. The molecule has 1 fully saturated rings. The van der Waals surface area contributed by atoms with E-state index in [0.717, 1.165) is 5.69 Å². The molecule has 2 aromatic rings. The van der Waals surface area contributed by atoms with Crippen LogP contribution in [0.4, 0.5) is 20.1 Å². The van der Waals surface area contributed by atoms with Gasteiger partial charge in [-0.1, -0.05) is 11.8 Å². The Labute approximate surface area is 282 Å². The molecule has 262 valence electrons. The maximum Gasteiger partial charge on any atom is 0.411 e. The summed E-state index contributed by atoms with van der Waals surface area (Å²) in [6.07, 6.45) is -1.27. The molecule has 0 radical (unpaired) electrons. The molecule has 1 aliphatic rings. The monoisotopic (exact) mass is 695 g/mol. The van der Waals surface area contributed by atoms with Gasteiger partial charge in [0, 0.05) is 28.4 Å². The van der Waals surface area contributed by atoms with Crippen LogP contribution in [0.5, 0.6) is 0 Å². The molecule has 3 rings (SSSR count). The van der Waals surface area contributed by atoms with E-state index in [-0.39, 0.29) is 41.4 Å². The summed E-state index contributed by atoms with van der Waals surface area (Å²) < 4.78 is 45.9. The van der Waals surface area contributed by atoms with Gasteiger partial charge in [0.2, 0.25) is 10.0 Å². The summed E-state index contributed by atoms with van der Waals surface area (Å²) in [5.41, 5.74) is -0.499. The molecule has 3 amide bonds. The Kier molecular flexibility index (Phi) is 12.3. The highest BCUT2D eigenvalue weighted by Crippen LogP contribution is 2.38. The number of carbonyl (C=O) groups excluding carboxylic acids is 3. The van der Waals surface area contributed by atoms with E-state index < -0.39 is 39.4 Å². The second-order valence-electron chi connectivity index (χ2n) is 14.0. The number of nitrogens with zero attached hydrogens (tertiary/aromatic N) is 1. The lowest BCUT2D eigenvalue weighted by Gasteiger charge is -2.40. The number of hydrogen-bond acceptors (Lipinski definition) is 9. The van der Waals surface area contributed by atoms with Crippen LogP contribution in [0.3, 0.4) is 0 Å². The summed E-state index contributed by atoms with van der Waals surface area (Å²) in [6, 6.07) is 7.57. The first-order valence-corrected chi connectivity index (χ1v) is 17.9. The van der Waals surface area contributed by atoms with Gasteiger partial charge in [-0.3, -0.25) is 10.2 Å². The zero-order valence-electron chi connectivity index (χ0n) is 28.8. The van der Waals surface area contributed by atoms with Crippen LogP contribution in [-0.4, -0.2) is 72.5 Å². The van der Waals surface area contributed by atoms with Gasteiger partial charge in [0.1, 0.15) is 5.60 Å². The number of piperidine rings is 1. The predicted molar refractivity (Wildman–Crippen MR) is 180 cm³/mol. The van der Waals surface area contributed by atoms with Crippen LogP contribution in [-0.2, 0) is 24.2 Å². The summed E-state index contributed by atoms with van der Waals surface area (Å²) in [5.74, 6) is 0. The quantitative estimate of drug-likeness (QED) is 0.207. The van der Waals surface area contributed by atoms with Crippen LogP contribution in [0.1, 0.15) is 93.8 Å². The van der Waals surface area contributed by atoms with E-state index in [9.17, 15) is 22.8 Å². The SMILES string of the molecule is CC(C)OC(=O)Nc1ccc(Sc2ccc([C@H]3CC[C@H](NC(=O)OC(C)C)CN3C(=O)OC(C)(C)C)[nH]2)c(S(=O)(=O)NC(C)(C)C)c1. The third-order valence-corrected chi connectivity index (χ3v) is 9.36. The number of nitrogens with one attached hydrogen (secondary N) is 4. The lowest BCUT2D eigenvalue weighted by Crippen LogP contribution is -2.52. The van der Waals surface area contributed by atoms with Crippen LogP contribution in [0, 0.1) is 0 Å². The normalized spacial score (nSPS) is 17.4. The minimum atomic E-state index is -4.02. The fourth-order valence-corrected chi connectivity index (χ4v) is 7.63. The molecular weight excluding hydrogens is 647 g/mol. The minimum absolute atomic E-state index is 0.0221. The van der Waals surface area contributed by atoms with Crippen molar-refractivity contribution in [2.24, 2.45) is 0 Å². The minimum Gasteiger partial charge on any atom is -0.447 e. The lowest BCUT2D eigenvalue weighted by molar-refractivity contribution is 0.00440. The van der Waals surface area contributed by atoms with Crippen molar-refractivity contribution in [3.63, 3.8) is 0 Å². The zero-order chi connectivity index (χ0) is 35.3. The summed E-state index contributed by atoms with van der Waals surface area (Å²) >= 11 is 1.20. The van der Waals surface area contributed by atoms with Crippen LogP contribution in [0.2, 0.25) is 0 Å². The summed E-state index contributed by atoms with van der Waals surface area (Å²) in [4.78, 5) is 43.2. The van der Waals surface area contributed by atoms with Gasteiger partial charge in [-0.2, -0.15) is 0 Å². The Morgan fingerprint density at radius 2 is 1.57 bits per heavy atom. The maximum absolute atomic E-state index is 13.5. The fraction of sp³-hybridized carbons (Fsp3) is 0.594. The molecule has 2 atom stereocenters. The van der Waals surface area contributed by atoms with E-state index in [1.54, 1.807) is 86.3 Å². The highest BCUT2D eigenvalue weighted by molar-refractivity contribution is 8.00. The van der Waals surface area contributed by atoms with Crippen LogP contribution >= 0.6 is 11.8 Å². The van der Waals surface area contributed by atoms with Gasteiger partial charge in [-0.05, 0) is 112 Å². The molecular formula is C32H49N5O8S2. The van der Waals surface area contributed by atoms with Crippen LogP contribution < -0.4 is 15.4 Å². The fourth-order valence-electron chi connectivity index (χ4n) is 4.81. The molecule has 15 heteroatoms. The number of rotatable bonds is 9. The van der Waals surface area contributed by atoms with E-state index in [1.165, 1.54) is 17.8 Å². The molecule has 0 unspecified atom stereocenters. The third-order valence-electron chi connectivity index (χ3n) is 6.40. The molecule has 0 bridgehead atoms. The van der Waals surface area contributed by atoms with E-state index in [4.69, 9.17) is 14.2 Å². The molecule has 0 aliphatic carbocycles. The summed E-state index contributed by atoms with van der Waals surface area (Å²) in [7, 11) is -4.02. The van der Waals surface area contributed by atoms with Gasteiger partial charge < -0.3 is 24.5 Å². The number of anilines is 1. The standard InChI is InChI=1S/C32H49N5O8S2/c1-19(2)43-28(38)33-21-12-15-25(26(17-21)47(41,42)36-31(5,6)7)46-27-16-13-23(35-27)24-14-11-22(34-29(39)44-20(3)4)18-37(24)30(40)45-32(8,9)10/h12-13,15-17,19-20,22,24,35-36H,11,14,18H2,1-10H3,(H,33,38)(H,34,39)/t22-,24+/m0/s1. The van der Waals surface area contributed by atoms with E-state index in [0.29, 0.717) is 22.8 Å². The Balaban J connectivity index is 1.91. The van der Waals surface area contributed by atoms with Crippen molar-refractivity contribution in [3.8, 4) is 0 Å². The molecule has 1 aromatic heterocycles. The second kappa shape index (κ2) is 15.2. The maximum atomic E-state index is 13.5. The van der Waals surface area contributed by atoms with Crippen LogP contribution in [0.15, 0.2) is 45.1 Å². The second-order valence-corrected chi connectivity index (χ2v) is 16.7. The molecule has 0 spiro atoms. The van der Waals surface area contributed by atoms with Gasteiger partial charge in [0.15, 0.2) is 0 Å². The molecule has 4 N–H and O–H groups in total. The topological polar surface area (TPSA) is 168 Å². The van der Waals surface area contributed by atoms with Gasteiger partial charge in [0.05, 0.1) is 34.2 Å². The van der Waals surface area contributed by atoms with Crippen molar-refractivity contribution in [3.05, 3.63) is 36.0 Å². The number of amides is 3. The molecule has 13 nitrogen and oxygen atoms in total. The predicted octanol–water partition coefficient (Wildman–Crippen LogP) is 6.77. The zero-order valence-corrected chi connectivity index (χ0v) is 30.5. The summed E-state index contributed by atoms with van der Waals surface area (Å²) in [5, 5.41) is 6.07. The number of benzene rings is 1. The molecule has 1 aromatic carbocycles. The Hall–Kier alpha value is -3.43. The number of sulfonamides is 1. The number of ether oxygens (including phenoxy) is 3. The number of carbonyl (C=O) groups is 3. The number of likely N-dealkylation sites (tertiary alicyclic amines) is 1. The van der Waals surface area contributed by atoms with E-state index in [1.807, 2.05) is 12.1 Å². The first-order chi connectivity index (χ1) is 21.6. The number of aromatic nitrogens is 1. The third kappa shape index (κ3) is 12.0. The summed E-state index contributed by atoms with van der Waals surface area (Å²) in [6.45, 7) is 17.8. The van der Waals surface area contributed by atoms with Gasteiger partial charge in [-0.15, -0.1) is 0 Å². The van der Waals surface area contributed by atoms with Crippen LogP contribution in [0.25, 0.3) is 0 Å².